The molecule has 22 heavy (non-hydrogen) atoms. The molecule has 0 atom stereocenters. The van der Waals surface area contributed by atoms with E-state index < -0.39 is 12.6 Å². The normalized spacial score (nSPS) is 10.6. The first kappa shape index (κ1) is 15.8. The lowest BCUT2D eigenvalue weighted by atomic mass is 10.1. The van der Waals surface area contributed by atoms with Crippen molar-refractivity contribution in [3.05, 3.63) is 70.8 Å². The topological polar surface area (TPSA) is 63.6 Å². The van der Waals surface area contributed by atoms with E-state index in [1.807, 2.05) is 12.1 Å². The van der Waals surface area contributed by atoms with E-state index in [4.69, 9.17) is 21.4 Å². The molecule has 0 saturated heterocycles. The van der Waals surface area contributed by atoms with Gasteiger partial charge in [-0.3, -0.25) is 4.79 Å². The van der Waals surface area contributed by atoms with Gasteiger partial charge in [-0.25, -0.2) is 4.79 Å². The minimum Gasteiger partial charge on any atom is -0.482 e. The standard InChI is InChI=1S/C17H13ClO4/c18-14-6-1-12(2-7-14)3-10-16(19)13-4-8-15(9-5-13)22-11-17(20)21/h1-10H,11H2,(H,20,21). The first-order chi connectivity index (χ1) is 10.5. The molecule has 0 spiro atoms. The van der Waals surface area contributed by atoms with Gasteiger partial charge in [0.15, 0.2) is 12.4 Å². The molecule has 1 N–H and O–H groups in total. The lowest BCUT2D eigenvalue weighted by Crippen LogP contribution is -2.09. The van der Waals surface area contributed by atoms with Crippen molar-refractivity contribution in [1.82, 2.24) is 0 Å². The van der Waals surface area contributed by atoms with E-state index in [2.05, 4.69) is 0 Å². The molecule has 0 unspecified atom stereocenters. The monoisotopic (exact) mass is 316 g/mol. The summed E-state index contributed by atoms with van der Waals surface area (Å²) >= 11 is 5.79. The molecule has 0 aliphatic carbocycles. The van der Waals surface area contributed by atoms with Gasteiger partial charge in [-0.2, -0.15) is 0 Å². The predicted molar refractivity (Wildman–Crippen MR) is 84.4 cm³/mol. The van der Waals surface area contributed by atoms with E-state index in [-0.39, 0.29) is 5.78 Å². The van der Waals surface area contributed by atoms with Gasteiger partial charge in [0.2, 0.25) is 0 Å². The first-order valence-electron chi connectivity index (χ1n) is 6.47. The number of carboxylic acid groups (broad SMARTS) is 1. The van der Waals surface area contributed by atoms with E-state index in [0.717, 1.165) is 5.56 Å². The average Bonchev–Trinajstić information content (AvgIpc) is 2.52. The van der Waals surface area contributed by atoms with Gasteiger partial charge in [0, 0.05) is 10.6 Å². The number of carbonyl (C=O) groups is 2. The average molecular weight is 317 g/mol. The van der Waals surface area contributed by atoms with E-state index in [1.165, 1.54) is 6.08 Å². The summed E-state index contributed by atoms with van der Waals surface area (Å²) in [7, 11) is 0. The molecule has 5 heteroatoms. The zero-order valence-corrected chi connectivity index (χ0v) is 12.3. The zero-order valence-electron chi connectivity index (χ0n) is 11.5. The molecular weight excluding hydrogens is 304 g/mol. The number of allylic oxidation sites excluding steroid dienone is 1. The highest BCUT2D eigenvalue weighted by atomic mass is 35.5. The second-order valence-corrected chi connectivity index (χ2v) is 4.89. The maximum absolute atomic E-state index is 12.0. The third kappa shape index (κ3) is 4.75. The molecular formula is C17H13ClO4. The summed E-state index contributed by atoms with van der Waals surface area (Å²) in [5.41, 5.74) is 1.37. The maximum atomic E-state index is 12.0. The minimum absolute atomic E-state index is 0.153. The van der Waals surface area contributed by atoms with Crippen molar-refractivity contribution < 1.29 is 19.4 Å². The van der Waals surface area contributed by atoms with Gasteiger partial charge in [-0.15, -0.1) is 0 Å². The van der Waals surface area contributed by atoms with Gasteiger partial charge in [0.05, 0.1) is 0 Å². The maximum Gasteiger partial charge on any atom is 0.341 e. The molecule has 0 aliphatic rings. The molecule has 0 bridgehead atoms. The second kappa shape index (κ2) is 7.43. The highest BCUT2D eigenvalue weighted by Gasteiger charge is 2.03. The Kier molecular flexibility index (Phi) is 5.33. The molecule has 0 aromatic heterocycles. The molecule has 0 saturated carbocycles. The van der Waals surface area contributed by atoms with Crippen LogP contribution in [0, 0.1) is 0 Å². The minimum atomic E-state index is -1.05. The number of rotatable bonds is 6. The van der Waals surface area contributed by atoms with Crippen molar-refractivity contribution in [3.8, 4) is 5.75 Å². The third-order valence-electron chi connectivity index (χ3n) is 2.80. The van der Waals surface area contributed by atoms with E-state index in [0.29, 0.717) is 16.3 Å². The van der Waals surface area contributed by atoms with Crippen LogP contribution >= 0.6 is 11.6 Å². The smallest absolute Gasteiger partial charge is 0.341 e. The number of benzene rings is 2. The Balaban J connectivity index is 2.00. The number of carbonyl (C=O) groups excluding carboxylic acids is 1. The van der Waals surface area contributed by atoms with Crippen LogP contribution in [0.25, 0.3) is 6.08 Å². The Labute approximate surface area is 132 Å². The zero-order chi connectivity index (χ0) is 15.9. The summed E-state index contributed by atoms with van der Waals surface area (Å²) in [5.74, 6) is -0.800. The molecule has 2 rings (SSSR count). The molecule has 0 fully saturated rings. The molecule has 0 radical (unpaired) electrons. The van der Waals surface area contributed by atoms with Crippen LogP contribution in [0.4, 0.5) is 0 Å². The van der Waals surface area contributed by atoms with Crippen molar-refractivity contribution in [2.24, 2.45) is 0 Å². The Morgan fingerprint density at radius 1 is 1.05 bits per heavy atom. The fourth-order valence-corrected chi connectivity index (χ4v) is 1.83. The van der Waals surface area contributed by atoms with Crippen LogP contribution in [0.15, 0.2) is 54.6 Å². The van der Waals surface area contributed by atoms with E-state index >= 15 is 0 Å². The predicted octanol–water partition coefficient (Wildman–Crippen LogP) is 3.70. The summed E-state index contributed by atoms with van der Waals surface area (Å²) in [5, 5.41) is 9.16. The fourth-order valence-electron chi connectivity index (χ4n) is 1.70. The largest absolute Gasteiger partial charge is 0.482 e. The number of carboxylic acids is 1. The molecule has 0 amide bonds. The van der Waals surface area contributed by atoms with Crippen molar-refractivity contribution in [2.45, 2.75) is 0 Å². The molecule has 112 valence electrons. The number of ketones is 1. The molecule has 2 aromatic rings. The van der Waals surface area contributed by atoms with E-state index in [1.54, 1.807) is 42.5 Å². The summed E-state index contributed by atoms with van der Waals surface area (Å²) in [4.78, 5) is 22.4. The summed E-state index contributed by atoms with van der Waals surface area (Å²) in [6.45, 7) is -0.413. The van der Waals surface area contributed by atoms with Gasteiger partial charge >= 0.3 is 5.97 Å². The van der Waals surface area contributed by atoms with Gasteiger partial charge in [0.25, 0.3) is 0 Å². The summed E-state index contributed by atoms with van der Waals surface area (Å²) in [6, 6.07) is 13.4. The number of halogens is 1. The van der Waals surface area contributed by atoms with Gasteiger partial charge in [-0.05, 0) is 48.0 Å². The third-order valence-corrected chi connectivity index (χ3v) is 3.05. The Hall–Kier alpha value is -2.59. The Morgan fingerprint density at radius 3 is 2.27 bits per heavy atom. The van der Waals surface area contributed by atoms with Crippen molar-refractivity contribution >= 4 is 29.4 Å². The molecule has 0 heterocycles. The molecule has 0 aliphatic heterocycles. The highest BCUT2D eigenvalue weighted by molar-refractivity contribution is 6.30. The number of aliphatic carboxylic acids is 1. The Morgan fingerprint density at radius 2 is 1.68 bits per heavy atom. The molecule has 4 nitrogen and oxygen atoms in total. The van der Waals surface area contributed by atoms with Crippen LogP contribution in [0.2, 0.25) is 5.02 Å². The second-order valence-electron chi connectivity index (χ2n) is 4.46. The SMILES string of the molecule is O=C(O)COc1ccc(C(=O)C=Cc2ccc(Cl)cc2)cc1. The lowest BCUT2D eigenvalue weighted by Gasteiger charge is -2.03. The van der Waals surface area contributed by atoms with Gasteiger partial charge in [0.1, 0.15) is 5.75 Å². The molecule has 2 aromatic carbocycles. The first-order valence-corrected chi connectivity index (χ1v) is 6.85. The van der Waals surface area contributed by atoms with Gasteiger partial charge in [-0.1, -0.05) is 29.8 Å². The van der Waals surface area contributed by atoms with Crippen LogP contribution in [0.5, 0.6) is 5.75 Å². The van der Waals surface area contributed by atoms with Crippen LogP contribution < -0.4 is 4.74 Å². The van der Waals surface area contributed by atoms with Crippen molar-refractivity contribution in [3.63, 3.8) is 0 Å². The lowest BCUT2D eigenvalue weighted by molar-refractivity contribution is -0.139. The van der Waals surface area contributed by atoms with Crippen LogP contribution in [0.3, 0.4) is 0 Å². The summed E-state index contributed by atoms with van der Waals surface area (Å²) in [6.07, 6.45) is 3.17. The van der Waals surface area contributed by atoms with Crippen molar-refractivity contribution in [2.75, 3.05) is 6.61 Å². The van der Waals surface area contributed by atoms with Crippen LogP contribution in [-0.2, 0) is 4.79 Å². The van der Waals surface area contributed by atoms with E-state index in [9.17, 15) is 9.59 Å². The number of ether oxygens (including phenoxy) is 1. The fraction of sp³-hybridized carbons (Fsp3) is 0.0588. The van der Waals surface area contributed by atoms with Crippen LogP contribution in [0.1, 0.15) is 15.9 Å². The van der Waals surface area contributed by atoms with Gasteiger partial charge < -0.3 is 9.84 Å². The quantitative estimate of drug-likeness (QED) is 0.652. The number of hydrogen-bond donors (Lipinski definition) is 1. The highest BCUT2D eigenvalue weighted by Crippen LogP contribution is 2.14. The number of hydrogen-bond acceptors (Lipinski definition) is 3. The van der Waals surface area contributed by atoms with Crippen LogP contribution in [-0.4, -0.2) is 23.5 Å². The summed E-state index contributed by atoms with van der Waals surface area (Å²) < 4.78 is 5.00. The Bertz CT molecular complexity index is 688. The van der Waals surface area contributed by atoms with Crippen molar-refractivity contribution in [1.29, 1.82) is 0 Å².